The number of ketones is 1. The molecule has 1 amide bonds. The van der Waals surface area contributed by atoms with Gasteiger partial charge in [0.25, 0.3) is 11.7 Å². The number of benzene rings is 4. The molecule has 0 saturated carbocycles. The number of Topliss-reactive ketones (excluding diaryl/α,β-unsaturated/α-hetero) is 1. The Bertz CT molecular complexity index is 1590. The zero-order chi connectivity index (χ0) is 27.7. The van der Waals surface area contributed by atoms with Crippen molar-refractivity contribution in [2.45, 2.75) is 33.4 Å². The van der Waals surface area contributed by atoms with Crippen LogP contribution in [0.5, 0.6) is 11.5 Å². The van der Waals surface area contributed by atoms with Gasteiger partial charge >= 0.3 is 0 Å². The van der Waals surface area contributed by atoms with E-state index in [1.54, 1.807) is 30.3 Å². The highest BCUT2D eigenvalue weighted by atomic mass is 16.5. The highest BCUT2D eigenvalue weighted by Gasteiger charge is 2.47. The van der Waals surface area contributed by atoms with Crippen molar-refractivity contribution < 1.29 is 24.5 Å². The lowest BCUT2D eigenvalue weighted by Gasteiger charge is -2.27. The molecule has 6 nitrogen and oxygen atoms in total. The Morgan fingerprint density at radius 1 is 0.846 bits per heavy atom. The van der Waals surface area contributed by atoms with Gasteiger partial charge in [0.1, 0.15) is 23.9 Å². The number of hydrogen-bond acceptors (Lipinski definition) is 5. The van der Waals surface area contributed by atoms with Crippen LogP contribution >= 0.6 is 0 Å². The molecule has 0 radical (unpaired) electrons. The van der Waals surface area contributed by atoms with E-state index >= 15 is 0 Å². The van der Waals surface area contributed by atoms with Gasteiger partial charge in [-0.2, -0.15) is 0 Å². The number of amides is 1. The molecule has 1 heterocycles. The first-order chi connectivity index (χ1) is 18.7. The van der Waals surface area contributed by atoms with E-state index in [9.17, 15) is 19.8 Å². The van der Waals surface area contributed by atoms with E-state index in [2.05, 4.69) is 0 Å². The third-order valence-electron chi connectivity index (χ3n) is 6.96. The third-order valence-corrected chi connectivity index (χ3v) is 6.96. The van der Waals surface area contributed by atoms with E-state index in [1.807, 2.05) is 69.3 Å². The summed E-state index contributed by atoms with van der Waals surface area (Å²) < 4.78 is 5.97. The number of phenolic OH excluding ortho intramolecular Hbond substituents is 1. The maximum atomic E-state index is 13.5. The van der Waals surface area contributed by atoms with Crippen LogP contribution in [0.3, 0.4) is 0 Å². The second-order valence-electron chi connectivity index (χ2n) is 9.81. The molecule has 1 atom stereocenters. The average molecular weight is 520 g/mol. The minimum absolute atomic E-state index is 0.0102. The van der Waals surface area contributed by atoms with Gasteiger partial charge in [0.05, 0.1) is 11.6 Å². The lowest BCUT2D eigenvalue weighted by molar-refractivity contribution is -0.132. The smallest absolute Gasteiger partial charge is 0.300 e. The lowest BCUT2D eigenvalue weighted by Crippen LogP contribution is -2.30. The van der Waals surface area contributed by atoms with Gasteiger partial charge in [-0.25, -0.2) is 0 Å². The standard InChI is InChI=1S/C33H29NO5/c1-20-9-10-21(2)27(17-20)34-30(24-11-14-26(35)15-12-24)29(32(37)33(34)38)31(36)25-13-16-28(22(3)18-25)39-19-23-7-5-4-6-8-23/h4-18,30,35-36H,19H2,1-3H3/b31-29-. The van der Waals surface area contributed by atoms with E-state index in [-0.39, 0.29) is 17.1 Å². The van der Waals surface area contributed by atoms with Gasteiger partial charge < -0.3 is 14.9 Å². The zero-order valence-electron chi connectivity index (χ0n) is 22.0. The summed E-state index contributed by atoms with van der Waals surface area (Å²) in [5.41, 5.74) is 5.14. The topological polar surface area (TPSA) is 87.1 Å². The molecule has 1 fully saturated rings. The molecule has 1 aliphatic heterocycles. The minimum Gasteiger partial charge on any atom is -0.508 e. The predicted molar refractivity (Wildman–Crippen MR) is 151 cm³/mol. The van der Waals surface area contributed by atoms with Crippen LogP contribution in [-0.4, -0.2) is 21.9 Å². The Balaban J connectivity index is 1.58. The molecule has 5 rings (SSSR count). The number of carbonyl (C=O) groups excluding carboxylic acids is 2. The molecule has 1 unspecified atom stereocenters. The van der Waals surface area contributed by atoms with Crippen molar-refractivity contribution in [3.8, 4) is 11.5 Å². The van der Waals surface area contributed by atoms with Crippen molar-refractivity contribution in [3.63, 3.8) is 0 Å². The summed E-state index contributed by atoms with van der Waals surface area (Å²) in [7, 11) is 0. The van der Waals surface area contributed by atoms with Crippen LogP contribution in [0.4, 0.5) is 5.69 Å². The Kier molecular flexibility index (Phi) is 6.94. The molecular weight excluding hydrogens is 490 g/mol. The van der Waals surface area contributed by atoms with Gasteiger partial charge in [0.2, 0.25) is 0 Å². The predicted octanol–water partition coefficient (Wildman–Crippen LogP) is 6.52. The van der Waals surface area contributed by atoms with Crippen LogP contribution in [0.25, 0.3) is 5.76 Å². The molecule has 4 aromatic carbocycles. The van der Waals surface area contributed by atoms with Gasteiger partial charge in [-0.1, -0.05) is 54.6 Å². The SMILES string of the molecule is Cc1ccc(C)c(N2C(=O)C(=O)/C(=C(\O)c3ccc(OCc4ccccc4)c(C)c3)C2c2ccc(O)cc2)c1. The van der Waals surface area contributed by atoms with Crippen LogP contribution < -0.4 is 9.64 Å². The van der Waals surface area contributed by atoms with E-state index in [0.29, 0.717) is 29.2 Å². The number of anilines is 1. The van der Waals surface area contributed by atoms with Gasteiger partial charge in [-0.05, 0) is 85.0 Å². The maximum absolute atomic E-state index is 13.5. The van der Waals surface area contributed by atoms with Gasteiger partial charge in [0, 0.05) is 11.3 Å². The number of aromatic hydroxyl groups is 1. The van der Waals surface area contributed by atoms with Crippen LogP contribution in [-0.2, 0) is 16.2 Å². The zero-order valence-corrected chi connectivity index (χ0v) is 22.0. The average Bonchev–Trinajstić information content (AvgIpc) is 3.19. The van der Waals surface area contributed by atoms with Gasteiger partial charge in [-0.3, -0.25) is 14.5 Å². The number of phenols is 1. The molecule has 0 aliphatic carbocycles. The number of aryl methyl sites for hydroxylation is 3. The van der Waals surface area contributed by atoms with Crippen molar-refractivity contribution in [1.29, 1.82) is 0 Å². The largest absolute Gasteiger partial charge is 0.508 e. The number of ether oxygens (including phenoxy) is 1. The Morgan fingerprint density at radius 3 is 2.26 bits per heavy atom. The van der Waals surface area contributed by atoms with Gasteiger partial charge in [0.15, 0.2) is 0 Å². The first kappa shape index (κ1) is 25.8. The van der Waals surface area contributed by atoms with E-state index in [1.165, 1.54) is 17.0 Å². The van der Waals surface area contributed by atoms with E-state index in [0.717, 1.165) is 22.3 Å². The fourth-order valence-corrected chi connectivity index (χ4v) is 4.88. The van der Waals surface area contributed by atoms with E-state index < -0.39 is 17.7 Å². The summed E-state index contributed by atoms with van der Waals surface area (Å²) in [4.78, 5) is 28.4. The second-order valence-corrected chi connectivity index (χ2v) is 9.81. The summed E-state index contributed by atoms with van der Waals surface area (Å²) in [5.74, 6) is -1.04. The van der Waals surface area contributed by atoms with Crippen LogP contribution in [0, 0.1) is 20.8 Å². The van der Waals surface area contributed by atoms with Crippen molar-refractivity contribution in [1.82, 2.24) is 0 Å². The molecule has 1 saturated heterocycles. The molecule has 4 aromatic rings. The number of rotatable bonds is 6. The molecule has 39 heavy (non-hydrogen) atoms. The second kappa shape index (κ2) is 10.5. The monoisotopic (exact) mass is 519 g/mol. The van der Waals surface area contributed by atoms with Crippen molar-refractivity contribution in [2.75, 3.05) is 4.90 Å². The summed E-state index contributed by atoms with van der Waals surface area (Å²) in [5, 5.41) is 21.4. The number of aliphatic hydroxyl groups is 1. The number of aliphatic hydroxyl groups excluding tert-OH is 1. The molecule has 6 heteroatoms. The van der Waals surface area contributed by atoms with Crippen molar-refractivity contribution >= 4 is 23.1 Å². The number of carbonyl (C=O) groups is 2. The highest BCUT2D eigenvalue weighted by molar-refractivity contribution is 6.51. The van der Waals surface area contributed by atoms with E-state index in [4.69, 9.17) is 4.74 Å². The first-order valence-electron chi connectivity index (χ1n) is 12.7. The molecule has 196 valence electrons. The normalized spacial score (nSPS) is 16.5. The summed E-state index contributed by atoms with van der Waals surface area (Å²) in [6.45, 7) is 6.05. The fourth-order valence-electron chi connectivity index (χ4n) is 4.88. The fraction of sp³-hybridized carbons (Fsp3) is 0.152. The third kappa shape index (κ3) is 5.01. The molecular formula is C33H29NO5. The molecule has 1 aliphatic rings. The number of nitrogens with zero attached hydrogens (tertiary/aromatic N) is 1. The molecule has 0 bridgehead atoms. The van der Waals surface area contributed by atoms with Crippen molar-refractivity contribution in [2.24, 2.45) is 0 Å². The maximum Gasteiger partial charge on any atom is 0.300 e. The minimum atomic E-state index is -0.875. The Hall–Kier alpha value is -4.84. The van der Waals surface area contributed by atoms with Crippen LogP contribution in [0.1, 0.15) is 39.4 Å². The Morgan fingerprint density at radius 2 is 1.56 bits per heavy atom. The summed E-state index contributed by atoms with van der Waals surface area (Å²) in [6, 6.07) is 26.1. The van der Waals surface area contributed by atoms with Crippen molar-refractivity contribution in [3.05, 3.63) is 130 Å². The molecule has 0 aromatic heterocycles. The van der Waals surface area contributed by atoms with Crippen LogP contribution in [0.15, 0.2) is 96.6 Å². The van der Waals surface area contributed by atoms with Gasteiger partial charge in [-0.15, -0.1) is 0 Å². The molecule has 0 spiro atoms. The first-order valence-corrected chi connectivity index (χ1v) is 12.7. The summed E-state index contributed by atoms with van der Waals surface area (Å²) >= 11 is 0. The lowest BCUT2D eigenvalue weighted by atomic mass is 9.94. The Labute approximate surface area is 227 Å². The quantitative estimate of drug-likeness (QED) is 0.172. The summed E-state index contributed by atoms with van der Waals surface area (Å²) in [6.07, 6.45) is 0. The highest BCUT2D eigenvalue weighted by Crippen LogP contribution is 2.43. The molecule has 2 N–H and O–H groups in total. The number of hydrogen-bond donors (Lipinski definition) is 2. The van der Waals surface area contributed by atoms with Crippen LogP contribution in [0.2, 0.25) is 0 Å².